The Morgan fingerprint density at radius 2 is 1.76 bits per heavy atom. The van der Waals surface area contributed by atoms with Crippen molar-refractivity contribution in [3.63, 3.8) is 0 Å². The molecule has 11 heteroatoms. The maximum atomic E-state index is 13.4. The first-order valence-corrected chi connectivity index (χ1v) is 12.8. The molecular formula is C23H29FN4O5S. The van der Waals surface area contributed by atoms with E-state index in [4.69, 9.17) is 4.74 Å². The number of rotatable bonds is 6. The molecule has 2 fully saturated rings. The molecule has 0 bridgehead atoms. The highest BCUT2D eigenvalue weighted by atomic mass is 32.2. The molecule has 34 heavy (non-hydrogen) atoms. The third kappa shape index (κ3) is 4.67. The van der Waals surface area contributed by atoms with Crippen LogP contribution in [0.2, 0.25) is 0 Å². The summed E-state index contributed by atoms with van der Waals surface area (Å²) >= 11 is 0. The molecule has 2 aliphatic rings. The van der Waals surface area contributed by atoms with Gasteiger partial charge in [0.1, 0.15) is 22.4 Å². The Morgan fingerprint density at radius 3 is 2.41 bits per heavy atom. The Kier molecular flexibility index (Phi) is 6.94. The predicted octanol–water partition coefficient (Wildman–Crippen LogP) is 1.84. The van der Waals surface area contributed by atoms with Crippen LogP contribution in [0.15, 0.2) is 41.4 Å². The van der Waals surface area contributed by atoms with E-state index in [9.17, 15) is 22.4 Å². The van der Waals surface area contributed by atoms with Gasteiger partial charge in [0.25, 0.3) is 0 Å². The standard InChI is InChI=1S/C23H29FN4O5S/c1-3-33-23(30)21-15-19(16-25(21)2)34(31,32)28-10-4-5-20(28)22(29)27-13-11-26(12-14-27)18-8-6-17(24)7-9-18/h6-9,15-16,20H,3-5,10-14H2,1-2H3/t20-/m0/s1. The number of hydrogen-bond donors (Lipinski definition) is 0. The van der Waals surface area contributed by atoms with Crippen LogP contribution in [0.25, 0.3) is 0 Å². The van der Waals surface area contributed by atoms with Crippen LogP contribution in [-0.2, 0) is 26.6 Å². The van der Waals surface area contributed by atoms with Gasteiger partial charge in [0.15, 0.2) is 0 Å². The number of piperazine rings is 1. The second kappa shape index (κ2) is 9.75. The van der Waals surface area contributed by atoms with Crippen molar-refractivity contribution in [2.75, 3.05) is 44.2 Å². The maximum Gasteiger partial charge on any atom is 0.354 e. The van der Waals surface area contributed by atoms with Crippen molar-refractivity contribution in [1.82, 2.24) is 13.8 Å². The molecule has 1 amide bonds. The smallest absolute Gasteiger partial charge is 0.354 e. The third-order valence-corrected chi connectivity index (χ3v) is 8.22. The Hall–Kier alpha value is -2.92. The summed E-state index contributed by atoms with van der Waals surface area (Å²) in [6.07, 6.45) is 2.42. The molecule has 0 saturated carbocycles. The number of aromatic nitrogens is 1. The van der Waals surface area contributed by atoms with E-state index in [1.54, 1.807) is 31.0 Å². The summed E-state index contributed by atoms with van der Waals surface area (Å²) in [5.41, 5.74) is 1.03. The Labute approximate surface area is 198 Å². The number of benzene rings is 1. The number of carbonyl (C=O) groups excluding carboxylic acids is 2. The van der Waals surface area contributed by atoms with Gasteiger partial charge in [0, 0.05) is 51.7 Å². The molecule has 9 nitrogen and oxygen atoms in total. The Morgan fingerprint density at radius 1 is 1.09 bits per heavy atom. The fourth-order valence-electron chi connectivity index (χ4n) is 4.54. The summed E-state index contributed by atoms with van der Waals surface area (Å²) in [7, 11) is -2.39. The molecule has 1 atom stereocenters. The van der Waals surface area contributed by atoms with Gasteiger partial charge in [0.2, 0.25) is 15.9 Å². The van der Waals surface area contributed by atoms with Gasteiger partial charge in [-0.2, -0.15) is 4.31 Å². The number of anilines is 1. The van der Waals surface area contributed by atoms with E-state index in [0.29, 0.717) is 39.0 Å². The van der Waals surface area contributed by atoms with Gasteiger partial charge in [-0.3, -0.25) is 4.79 Å². The van der Waals surface area contributed by atoms with Gasteiger partial charge in [-0.05, 0) is 50.1 Å². The summed E-state index contributed by atoms with van der Waals surface area (Å²) in [4.78, 5) is 29.2. The van der Waals surface area contributed by atoms with Crippen LogP contribution < -0.4 is 4.90 Å². The lowest BCUT2D eigenvalue weighted by Crippen LogP contribution is -2.54. The molecule has 2 aromatic rings. The van der Waals surface area contributed by atoms with E-state index in [-0.39, 0.29) is 35.5 Å². The second-order valence-electron chi connectivity index (χ2n) is 8.45. The van der Waals surface area contributed by atoms with E-state index in [2.05, 4.69) is 4.90 Å². The molecule has 1 aromatic heterocycles. The van der Waals surface area contributed by atoms with Crippen molar-refractivity contribution in [2.24, 2.45) is 7.05 Å². The van der Waals surface area contributed by atoms with Crippen LogP contribution in [0.1, 0.15) is 30.3 Å². The molecule has 4 rings (SSSR count). The van der Waals surface area contributed by atoms with Gasteiger partial charge in [-0.1, -0.05) is 0 Å². The van der Waals surface area contributed by atoms with Crippen LogP contribution in [0.4, 0.5) is 10.1 Å². The molecule has 0 unspecified atom stereocenters. The third-order valence-electron chi connectivity index (χ3n) is 6.34. The normalized spacial score (nSPS) is 19.4. The molecule has 0 radical (unpaired) electrons. The zero-order chi connectivity index (χ0) is 24.5. The second-order valence-corrected chi connectivity index (χ2v) is 10.3. The number of amides is 1. The molecule has 3 heterocycles. The van der Waals surface area contributed by atoms with Crippen molar-refractivity contribution in [2.45, 2.75) is 30.7 Å². The fourth-order valence-corrected chi connectivity index (χ4v) is 6.26. The van der Waals surface area contributed by atoms with E-state index in [1.807, 2.05) is 0 Å². The minimum atomic E-state index is -3.97. The largest absolute Gasteiger partial charge is 0.461 e. The van der Waals surface area contributed by atoms with E-state index >= 15 is 0 Å². The van der Waals surface area contributed by atoms with Gasteiger partial charge in [-0.15, -0.1) is 0 Å². The minimum Gasteiger partial charge on any atom is -0.461 e. The van der Waals surface area contributed by atoms with Crippen molar-refractivity contribution in [3.05, 3.63) is 48.0 Å². The van der Waals surface area contributed by atoms with Crippen LogP contribution in [0.5, 0.6) is 0 Å². The number of halogens is 1. The average molecular weight is 493 g/mol. The molecule has 0 aliphatic carbocycles. The molecule has 2 saturated heterocycles. The molecule has 2 aliphatic heterocycles. The van der Waals surface area contributed by atoms with Crippen LogP contribution >= 0.6 is 0 Å². The van der Waals surface area contributed by atoms with Crippen molar-refractivity contribution in [3.8, 4) is 0 Å². The van der Waals surface area contributed by atoms with Crippen LogP contribution in [0.3, 0.4) is 0 Å². The highest BCUT2D eigenvalue weighted by Crippen LogP contribution is 2.29. The number of aryl methyl sites for hydroxylation is 1. The first-order valence-electron chi connectivity index (χ1n) is 11.4. The zero-order valence-electron chi connectivity index (χ0n) is 19.3. The van der Waals surface area contributed by atoms with Crippen LogP contribution in [-0.4, -0.2) is 79.4 Å². The lowest BCUT2D eigenvalue weighted by atomic mass is 10.1. The Balaban J connectivity index is 1.46. The zero-order valence-corrected chi connectivity index (χ0v) is 20.1. The van der Waals surface area contributed by atoms with Gasteiger partial charge in [-0.25, -0.2) is 17.6 Å². The first-order chi connectivity index (χ1) is 16.2. The average Bonchev–Trinajstić information content (AvgIpc) is 3.47. The summed E-state index contributed by atoms with van der Waals surface area (Å²) in [5.74, 6) is -1.10. The number of ether oxygens (including phenoxy) is 1. The van der Waals surface area contributed by atoms with Gasteiger partial charge >= 0.3 is 5.97 Å². The van der Waals surface area contributed by atoms with Gasteiger partial charge in [0.05, 0.1) is 6.61 Å². The van der Waals surface area contributed by atoms with Crippen molar-refractivity contribution >= 4 is 27.6 Å². The quantitative estimate of drug-likeness (QED) is 0.572. The lowest BCUT2D eigenvalue weighted by Gasteiger charge is -2.38. The number of nitrogens with zero attached hydrogens (tertiary/aromatic N) is 4. The number of hydrogen-bond acceptors (Lipinski definition) is 6. The van der Waals surface area contributed by atoms with E-state index in [1.165, 1.54) is 33.3 Å². The molecule has 0 spiro atoms. The SMILES string of the molecule is CCOC(=O)c1cc(S(=O)(=O)N2CCC[C@H]2C(=O)N2CCN(c3ccc(F)cc3)CC2)cn1C. The maximum absolute atomic E-state index is 13.4. The van der Waals surface area contributed by atoms with E-state index in [0.717, 1.165) is 5.69 Å². The summed E-state index contributed by atoms with van der Waals surface area (Å²) in [6.45, 7) is 4.19. The minimum absolute atomic E-state index is 0.0288. The predicted molar refractivity (Wildman–Crippen MR) is 123 cm³/mol. The van der Waals surface area contributed by atoms with Gasteiger partial charge < -0.3 is 19.1 Å². The van der Waals surface area contributed by atoms with Crippen molar-refractivity contribution in [1.29, 1.82) is 0 Å². The fraction of sp³-hybridized carbons (Fsp3) is 0.478. The first kappa shape index (κ1) is 24.2. The highest BCUT2D eigenvalue weighted by Gasteiger charge is 2.42. The molecule has 184 valence electrons. The van der Waals surface area contributed by atoms with E-state index < -0.39 is 22.0 Å². The molecular weight excluding hydrogens is 463 g/mol. The lowest BCUT2D eigenvalue weighted by molar-refractivity contribution is -0.134. The van der Waals surface area contributed by atoms with Crippen molar-refractivity contribution < 1.29 is 27.1 Å². The number of esters is 1. The monoisotopic (exact) mass is 492 g/mol. The van der Waals surface area contributed by atoms with Crippen LogP contribution in [0, 0.1) is 5.82 Å². The molecule has 1 aromatic carbocycles. The highest BCUT2D eigenvalue weighted by molar-refractivity contribution is 7.89. The summed E-state index contributed by atoms with van der Waals surface area (Å²) in [5, 5.41) is 0. The molecule has 0 N–H and O–H groups in total. The summed E-state index contributed by atoms with van der Waals surface area (Å²) < 4.78 is 47.7. The number of carbonyl (C=O) groups is 2. The Bertz CT molecular complexity index is 1160. The summed E-state index contributed by atoms with van der Waals surface area (Å²) in [6, 6.07) is 6.77. The number of sulfonamides is 1. The topological polar surface area (TPSA) is 92.2 Å².